The number of benzene rings is 4. The molecule has 4 heteroatoms. The van der Waals surface area contributed by atoms with Gasteiger partial charge >= 0.3 is 5.97 Å². The molecule has 0 saturated carbocycles. The number of carbonyl (C=O) groups excluding carboxylic acids is 1. The maximum absolute atomic E-state index is 14.4. The zero-order valence-electron chi connectivity index (χ0n) is 24.2. The molecule has 5 rings (SSSR count). The van der Waals surface area contributed by atoms with Crippen molar-refractivity contribution in [1.82, 2.24) is 4.90 Å². The van der Waals surface area contributed by atoms with Gasteiger partial charge in [-0.25, -0.2) is 0 Å². The summed E-state index contributed by atoms with van der Waals surface area (Å²) < 4.78 is 6.19. The maximum atomic E-state index is 14.4. The van der Waals surface area contributed by atoms with E-state index >= 15 is 0 Å². The van der Waals surface area contributed by atoms with E-state index in [0.717, 1.165) is 22.4 Å². The summed E-state index contributed by atoms with van der Waals surface area (Å²) in [4.78, 5) is 16.8. The molecule has 0 aliphatic carbocycles. The van der Waals surface area contributed by atoms with E-state index in [1.807, 2.05) is 26.8 Å². The lowest BCUT2D eigenvalue weighted by atomic mass is 9.77. The summed E-state index contributed by atoms with van der Waals surface area (Å²) in [5.74, 6) is -0.670. The van der Waals surface area contributed by atoms with E-state index in [1.165, 1.54) is 11.1 Å². The van der Waals surface area contributed by atoms with Gasteiger partial charge in [0.15, 0.2) is 0 Å². The van der Waals surface area contributed by atoms with Crippen LogP contribution in [0.25, 0.3) is 0 Å². The summed E-state index contributed by atoms with van der Waals surface area (Å²) in [6.07, 6.45) is 0. The molecule has 40 heavy (non-hydrogen) atoms. The fourth-order valence-corrected chi connectivity index (χ4v) is 5.94. The maximum Gasteiger partial charge on any atom is 0.313 e. The van der Waals surface area contributed by atoms with Crippen LogP contribution in [0.3, 0.4) is 0 Å². The Morgan fingerprint density at radius 1 is 0.825 bits per heavy atom. The Kier molecular flexibility index (Phi) is 8.09. The van der Waals surface area contributed by atoms with Crippen LogP contribution >= 0.6 is 0 Å². The first-order valence-corrected chi connectivity index (χ1v) is 14.2. The number of fused-ring (bicyclic) bond motifs is 1. The minimum Gasteiger partial charge on any atom is -0.460 e. The number of hydrogen-bond acceptors (Lipinski definition) is 4. The van der Waals surface area contributed by atoms with Crippen molar-refractivity contribution in [3.05, 3.63) is 137 Å². The quantitative estimate of drug-likeness (QED) is 0.243. The van der Waals surface area contributed by atoms with Crippen molar-refractivity contribution >= 4 is 11.7 Å². The van der Waals surface area contributed by atoms with Gasteiger partial charge in [-0.1, -0.05) is 103 Å². The third-order valence-electron chi connectivity index (χ3n) is 7.84. The Morgan fingerprint density at radius 2 is 1.40 bits per heavy atom. The molecule has 0 radical (unpaired) electrons. The molecule has 0 amide bonds. The lowest BCUT2D eigenvalue weighted by molar-refractivity contribution is -0.164. The Hall–Kier alpha value is -3.89. The average Bonchev–Trinajstić information content (AvgIpc) is 2.95. The SMILES string of the molecule is Cc1ccccc1[C@@H]1Nc2ccccc2C(N(Cc2ccccc2)[C@H](C)c2ccccc2)[C@@H]1C(=O)OC(C)(C)C. The lowest BCUT2D eigenvalue weighted by Gasteiger charge is -2.47. The van der Waals surface area contributed by atoms with Gasteiger partial charge in [-0.05, 0) is 68.5 Å². The first-order valence-electron chi connectivity index (χ1n) is 14.2. The summed E-state index contributed by atoms with van der Waals surface area (Å²) in [5, 5.41) is 3.77. The lowest BCUT2D eigenvalue weighted by Crippen LogP contribution is -2.47. The molecular formula is C36H40N2O2. The monoisotopic (exact) mass is 532 g/mol. The highest BCUT2D eigenvalue weighted by Crippen LogP contribution is 2.50. The van der Waals surface area contributed by atoms with Crippen LogP contribution in [0.1, 0.15) is 73.6 Å². The number of hydrogen-bond donors (Lipinski definition) is 1. The molecule has 0 spiro atoms. The molecular weight excluding hydrogens is 492 g/mol. The summed E-state index contributed by atoms with van der Waals surface area (Å²) in [7, 11) is 0. The van der Waals surface area contributed by atoms with Crippen molar-refractivity contribution in [2.45, 2.75) is 64.9 Å². The molecule has 1 aliphatic rings. The molecule has 1 N–H and O–H groups in total. The molecule has 0 aromatic heterocycles. The van der Waals surface area contributed by atoms with Crippen LogP contribution in [0.2, 0.25) is 0 Å². The Bertz CT molecular complexity index is 1430. The highest BCUT2D eigenvalue weighted by Gasteiger charge is 2.47. The number of nitrogens with one attached hydrogen (secondary N) is 1. The summed E-state index contributed by atoms with van der Waals surface area (Å²) in [5.41, 5.74) is 6.24. The smallest absolute Gasteiger partial charge is 0.313 e. The summed E-state index contributed by atoms with van der Waals surface area (Å²) in [6, 6.07) is 37.5. The average molecular weight is 533 g/mol. The highest BCUT2D eigenvalue weighted by atomic mass is 16.6. The number of anilines is 1. The van der Waals surface area contributed by atoms with Gasteiger partial charge in [0.2, 0.25) is 0 Å². The van der Waals surface area contributed by atoms with Gasteiger partial charge in [-0.15, -0.1) is 0 Å². The fourth-order valence-electron chi connectivity index (χ4n) is 5.94. The van der Waals surface area contributed by atoms with Gasteiger partial charge < -0.3 is 10.1 Å². The first-order chi connectivity index (χ1) is 19.2. The molecule has 1 aliphatic heterocycles. The molecule has 0 saturated heterocycles. The molecule has 4 nitrogen and oxygen atoms in total. The Morgan fingerprint density at radius 3 is 2.05 bits per heavy atom. The first kappa shape index (κ1) is 27.7. The van der Waals surface area contributed by atoms with Crippen LogP contribution in [0.15, 0.2) is 109 Å². The van der Waals surface area contributed by atoms with Crippen LogP contribution in [-0.4, -0.2) is 16.5 Å². The number of para-hydroxylation sites is 1. The van der Waals surface area contributed by atoms with Crippen LogP contribution in [0, 0.1) is 12.8 Å². The Labute approximate surface area is 239 Å². The molecule has 0 fully saturated rings. The molecule has 206 valence electrons. The second kappa shape index (κ2) is 11.7. The Balaban J connectivity index is 1.72. The van der Waals surface area contributed by atoms with Gasteiger partial charge in [0, 0.05) is 18.3 Å². The second-order valence-corrected chi connectivity index (χ2v) is 11.8. The zero-order chi connectivity index (χ0) is 28.3. The van der Waals surface area contributed by atoms with Gasteiger partial charge in [0.1, 0.15) is 11.5 Å². The van der Waals surface area contributed by atoms with E-state index in [-0.39, 0.29) is 24.1 Å². The number of ether oxygens (including phenoxy) is 1. The number of nitrogens with zero attached hydrogens (tertiary/aromatic N) is 1. The standard InChI is InChI=1S/C36H40N2O2/c1-25-16-12-13-21-29(25)33-32(35(39)40-36(3,4)5)34(30-22-14-15-23-31(30)37-33)38(24-27-17-8-6-9-18-27)26(2)28-19-10-7-11-20-28/h6-23,26,32-34,37H,24H2,1-5H3/t26-,32-,33+,34?/m1/s1. The van der Waals surface area contributed by atoms with E-state index in [4.69, 9.17) is 4.74 Å². The predicted octanol–water partition coefficient (Wildman–Crippen LogP) is 8.42. The van der Waals surface area contributed by atoms with Gasteiger partial charge in [-0.2, -0.15) is 0 Å². The van der Waals surface area contributed by atoms with E-state index in [0.29, 0.717) is 6.54 Å². The number of esters is 1. The number of rotatable bonds is 7. The van der Waals surface area contributed by atoms with Crippen LogP contribution < -0.4 is 5.32 Å². The summed E-state index contributed by atoms with van der Waals surface area (Å²) >= 11 is 0. The van der Waals surface area contributed by atoms with Crippen molar-refractivity contribution < 1.29 is 9.53 Å². The molecule has 1 heterocycles. The van der Waals surface area contributed by atoms with Crippen LogP contribution in [0.4, 0.5) is 5.69 Å². The fraction of sp³-hybridized carbons (Fsp3) is 0.306. The normalized spacial score (nSPS) is 19.4. The summed E-state index contributed by atoms with van der Waals surface area (Å²) in [6.45, 7) is 10.9. The minimum absolute atomic E-state index is 0.0417. The third kappa shape index (κ3) is 5.97. The van der Waals surface area contributed by atoms with Crippen molar-refractivity contribution in [2.75, 3.05) is 5.32 Å². The molecule has 4 aromatic carbocycles. The van der Waals surface area contributed by atoms with E-state index in [1.54, 1.807) is 0 Å². The second-order valence-electron chi connectivity index (χ2n) is 11.8. The van der Waals surface area contributed by atoms with Crippen molar-refractivity contribution in [3.8, 4) is 0 Å². The van der Waals surface area contributed by atoms with Gasteiger partial charge in [-0.3, -0.25) is 9.69 Å². The highest BCUT2D eigenvalue weighted by molar-refractivity contribution is 5.78. The minimum atomic E-state index is -0.607. The van der Waals surface area contributed by atoms with Gasteiger partial charge in [0.05, 0.1) is 12.1 Å². The number of aryl methyl sites for hydroxylation is 1. The molecule has 1 unspecified atom stereocenters. The van der Waals surface area contributed by atoms with Gasteiger partial charge in [0.25, 0.3) is 0 Å². The van der Waals surface area contributed by atoms with E-state index < -0.39 is 11.5 Å². The number of carbonyl (C=O) groups is 1. The van der Waals surface area contributed by atoms with Crippen molar-refractivity contribution in [3.63, 3.8) is 0 Å². The molecule has 4 aromatic rings. The van der Waals surface area contributed by atoms with Crippen molar-refractivity contribution in [2.24, 2.45) is 5.92 Å². The molecule has 4 atom stereocenters. The molecule has 0 bridgehead atoms. The van der Waals surface area contributed by atoms with Crippen molar-refractivity contribution in [1.29, 1.82) is 0 Å². The topological polar surface area (TPSA) is 41.6 Å². The van der Waals surface area contributed by atoms with E-state index in [2.05, 4.69) is 127 Å². The van der Waals surface area contributed by atoms with E-state index in [9.17, 15) is 4.79 Å². The van der Waals surface area contributed by atoms with Crippen LogP contribution in [-0.2, 0) is 16.1 Å². The van der Waals surface area contributed by atoms with Crippen LogP contribution in [0.5, 0.6) is 0 Å². The largest absolute Gasteiger partial charge is 0.460 e. The third-order valence-corrected chi connectivity index (χ3v) is 7.84. The predicted molar refractivity (Wildman–Crippen MR) is 163 cm³/mol. The zero-order valence-corrected chi connectivity index (χ0v) is 24.2.